The molecule has 2 rings (SSSR count). The van der Waals surface area contributed by atoms with Crippen molar-refractivity contribution in [3.63, 3.8) is 0 Å². The minimum atomic E-state index is -0.187. The fourth-order valence-electron chi connectivity index (χ4n) is 2.52. The molecule has 0 aromatic heterocycles. The number of hydrogen-bond donors (Lipinski definition) is 1. The maximum atomic E-state index is 12.6. The smallest absolute Gasteiger partial charge is 0.259 e. The van der Waals surface area contributed by atoms with Gasteiger partial charge in [0.25, 0.3) is 5.91 Å². The molecule has 0 aliphatic rings. The Morgan fingerprint density at radius 2 is 1.72 bits per heavy atom. The molecule has 0 unspecified atom stereocenters. The SMILES string of the molecule is C=C(C)COc1ccccc1C(=O)Nc1ccc(N(CC)CC)cc1. The zero-order valence-corrected chi connectivity index (χ0v) is 15.2. The van der Waals surface area contributed by atoms with Crippen LogP contribution in [0.5, 0.6) is 5.75 Å². The van der Waals surface area contributed by atoms with E-state index in [2.05, 4.69) is 30.6 Å². The predicted octanol–water partition coefficient (Wildman–Crippen LogP) is 4.74. The number of rotatable bonds is 8. The number of hydrogen-bond acceptors (Lipinski definition) is 3. The third-order valence-electron chi connectivity index (χ3n) is 3.86. The van der Waals surface area contributed by atoms with Gasteiger partial charge in [0.15, 0.2) is 0 Å². The monoisotopic (exact) mass is 338 g/mol. The highest BCUT2D eigenvalue weighted by Crippen LogP contribution is 2.22. The Bertz CT molecular complexity index is 719. The molecule has 25 heavy (non-hydrogen) atoms. The highest BCUT2D eigenvalue weighted by atomic mass is 16.5. The van der Waals surface area contributed by atoms with Gasteiger partial charge < -0.3 is 15.0 Å². The molecule has 132 valence electrons. The Morgan fingerprint density at radius 1 is 1.08 bits per heavy atom. The summed E-state index contributed by atoms with van der Waals surface area (Å²) in [4.78, 5) is 14.8. The summed E-state index contributed by atoms with van der Waals surface area (Å²) >= 11 is 0. The molecule has 0 aliphatic carbocycles. The van der Waals surface area contributed by atoms with Crippen LogP contribution in [0.15, 0.2) is 60.7 Å². The molecule has 4 nitrogen and oxygen atoms in total. The number of anilines is 2. The van der Waals surface area contributed by atoms with Gasteiger partial charge in [0, 0.05) is 24.5 Å². The van der Waals surface area contributed by atoms with Gasteiger partial charge in [0.05, 0.1) is 5.56 Å². The van der Waals surface area contributed by atoms with Gasteiger partial charge in [-0.15, -0.1) is 0 Å². The lowest BCUT2D eigenvalue weighted by molar-refractivity contribution is 0.102. The van der Waals surface area contributed by atoms with E-state index in [0.29, 0.717) is 17.9 Å². The third kappa shape index (κ3) is 5.11. The van der Waals surface area contributed by atoms with Crippen LogP contribution in [0.4, 0.5) is 11.4 Å². The van der Waals surface area contributed by atoms with E-state index in [-0.39, 0.29) is 5.91 Å². The third-order valence-corrected chi connectivity index (χ3v) is 3.86. The summed E-state index contributed by atoms with van der Waals surface area (Å²) in [6.07, 6.45) is 0. The van der Waals surface area contributed by atoms with Crippen LogP contribution in [0.1, 0.15) is 31.1 Å². The molecule has 0 aliphatic heterocycles. The molecule has 1 N–H and O–H groups in total. The zero-order chi connectivity index (χ0) is 18.2. The van der Waals surface area contributed by atoms with Crippen LogP contribution in [0.2, 0.25) is 0 Å². The highest BCUT2D eigenvalue weighted by Gasteiger charge is 2.12. The van der Waals surface area contributed by atoms with Gasteiger partial charge in [0.1, 0.15) is 12.4 Å². The lowest BCUT2D eigenvalue weighted by Gasteiger charge is -2.21. The van der Waals surface area contributed by atoms with E-state index >= 15 is 0 Å². The van der Waals surface area contributed by atoms with Crippen molar-refractivity contribution >= 4 is 17.3 Å². The molecular formula is C21H26N2O2. The minimum Gasteiger partial charge on any atom is -0.488 e. The summed E-state index contributed by atoms with van der Waals surface area (Å²) in [5.41, 5.74) is 3.32. The molecule has 0 atom stereocenters. The Hall–Kier alpha value is -2.75. The van der Waals surface area contributed by atoms with E-state index in [4.69, 9.17) is 4.74 Å². The number of para-hydroxylation sites is 1. The molecule has 0 heterocycles. The van der Waals surface area contributed by atoms with Gasteiger partial charge >= 0.3 is 0 Å². The van der Waals surface area contributed by atoms with Crippen LogP contribution in [0, 0.1) is 0 Å². The number of carbonyl (C=O) groups is 1. The summed E-state index contributed by atoms with van der Waals surface area (Å²) in [5.74, 6) is 0.371. The van der Waals surface area contributed by atoms with Crippen molar-refractivity contribution in [1.82, 2.24) is 0 Å². The lowest BCUT2D eigenvalue weighted by Crippen LogP contribution is -2.21. The fraction of sp³-hybridized carbons (Fsp3) is 0.286. The zero-order valence-electron chi connectivity index (χ0n) is 15.2. The van der Waals surface area contributed by atoms with E-state index in [1.807, 2.05) is 43.3 Å². The summed E-state index contributed by atoms with van der Waals surface area (Å²) in [6, 6.07) is 15.1. The summed E-state index contributed by atoms with van der Waals surface area (Å²) in [7, 11) is 0. The van der Waals surface area contributed by atoms with Gasteiger partial charge in [-0.25, -0.2) is 0 Å². The quantitative estimate of drug-likeness (QED) is 0.707. The van der Waals surface area contributed by atoms with Gasteiger partial charge in [-0.1, -0.05) is 18.7 Å². The number of nitrogens with zero attached hydrogens (tertiary/aromatic N) is 1. The van der Waals surface area contributed by atoms with Crippen molar-refractivity contribution in [2.45, 2.75) is 20.8 Å². The first-order valence-corrected chi connectivity index (χ1v) is 8.57. The van der Waals surface area contributed by atoms with E-state index < -0.39 is 0 Å². The van der Waals surface area contributed by atoms with Gasteiger partial charge in [-0.05, 0) is 62.7 Å². The Kier molecular flexibility index (Phi) is 6.63. The van der Waals surface area contributed by atoms with Gasteiger partial charge in [-0.2, -0.15) is 0 Å². The fourth-order valence-corrected chi connectivity index (χ4v) is 2.52. The molecule has 0 spiro atoms. The predicted molar refractivity (Wildman–Crippen MR) is 105 cm³/mol. The van der Waals surface area contributed by atoms with Crippen LogP contribution in [0.3, 0.4) is 0 Å². The van der Waals surface area contributed by atoms with Crippen molar-refractivity contribution in [1.29, 1.82) is 0 Å². The summed E-state index contributed by atoms with van der Waals surface area (Å²) in [6.45, 7) is 12.3. The first-order chi connectivity index (χ1) is 12.0. The van der Waals surface area contributed by atoms with Crippen molar-refractivity contribution in [3.8, 4) is 5.75 Å². The minimum absolute atomic E-state index is 0.187. The molecule has 2 aromatic rings. The Morgan fingerprint density at radius 3 is 2.32 bits per heavy atom. The van der Waals surface area contributed by atoms with Crippen molar-refractivity contribution < 1.29 is 9.53 Å². The van der Waals surface area contributed by atoms with E-state index in [9.17, 15) is 4.79 Å². The number of ether oxygens (including phenoxy) is 1. The first-order valence-electron chi connectivity index (χ1n) is 8.57. The van der Waals surface area contributed by atoms with Crippen LogP contribution < -0.4 is 15.0 Å². The number of benzene rings is 2. The molecule has 4 heteroatoms. The second-order valence-electron chi connectivity index (χ2n) is 5.92. The number of nitrogens with one attached hydrogen (secondary N) is 1. The molecule has 1 amide bonds. The maximum Gasteiger partial charge on any atom is 0.259 e. The second kappa shape index (κ2) is 8.92. The maximum absolute atomic E-state index is 12.6. The number of carbonyl (C=O) groups excluding carboxylic acids is 1. The largest absolute Gasteiger partial charge is 0.488 e. The van der Waals surface area contributed by atoms with E-state index in [0.717, 1.165) is 30.0 Å². The van der Waals surface area contributed by atoms with Gasteiger partial charge in [-0.3, -0.25) is 4.79 Å². The molecule has 0 bridgehead atoms. The van der Waals surface area contributed by atoms with Crippen LogP contribution in [-0.2, 0) is 0 Å². The molecule has 0 saturated heterocycles. The van der Waals surface area contributed by atoms with E-state index in [1.54, 1.807) is 12.1 Å². The van der Waals surface area contributed by atoms with Crippen LogP contribution >= 0.6 is 0 Å². The van der Waals surface area contributed by atoms with E-state index in [1.165, 1.54) is 0 Å². The highest BCUT2D eigenvalue weighted by molar-refractivity contribution is 6.06. The lowest BCUT2D eigenvalue weighted by atomic mass is 10.1. The van der Waals surface area contributed by atoms with Crippen molar-refractivity contribution in [2.24, 2.45) is 0 Å². The number of amides is 1. The molecule has 0 radical (unpaired) electrons. The van der Waals surface area contributed by atoms with Crippen molar-refractivity contribution in [3.05, 3.63) is 66.2 Å². The molecule has 0 saturated carbocycles. The molecule has 2 aromatic carbocycles. The van der Waals surface area contributed by atoms with Crippen molar-refractivity contribution in [2.75, 3.05) is 29.9 Å². The Balaban J connectivity index is 2.10. The normalized spacial score (nSPS) is 10.2. The van der Waals surface area contributed by atoms with Gasteiger partial charge in [0.2, 0.25) is 0 Å². The average Bonchev–Trinajstić information content (AvgIpc) is 2.62. The standard InChI is InChI=1S/C21H26N2O2/c1-5-23(6-2)18-13-11-17(12-14-18)22-21(24)19-9-7-8-10-20(19)25-15-16(3)4/h7-14H,3,5-6,15H2,1-2,4H3,(H,22,24). The van der Waals surface area contributed by atoms with Crippen LogP contribution in [0.25, 0.3) is 0 Å². The summed E-state index contributed by atoms with van der Waals surface area (Å²) in [5, 5.41) is 2.93. The topological polar surface area (TPSA) is 41.6 Å². The average molecular weight is 338 g/mol. The van der Waals surface area contributed by atoms with Crippen LogP contribution in [-0.4, -0.2) is 25.6 Å². The second-order valence-corrected chi connectivity index (χ2v) is 5.92. The summed E-state index contributed by atoms with van der Waals surface area (Å²) < 4.78 is 5.67. The molecular weight excluding hydrogens is 312 g/mol. The Labute approximate surface area is 150 Å². The first kappa shape index (κ1) is 18.6. The molecule has 0 fully saturated rings.